The van der Waals surface area contributed by atoms with Crippen LogP contribution in [0.5, 0.6) is 5.75 Å². The minimum Gasteiger partial charge on any atom is -0.496 e. The van der Waals surface area contributed by atoms with Crippen LogP contribution in [-0.2, 0) is 24.3 Å². The van der Waals surface area contributed by atoms with Crippen molar-refractivity contribution in [2.45, 2.75) is 115 Å². The summed E-state index contributed by atoms with van der Waals surface area (Å²) in [5.74, 6) is -0.690. The number of hydrogen-bond acceptors (Lipinski definition) is 7. The maximum Gasteiger partial charge on any atom is 0.410 e. The number of hydrogen-bond donors (Lipinski definition) is 1. The third-order valence-corrected chi connectivity index (χ3v) is 14.3. The molecule has 54 heavy (non-hydrogen) atoms. The van der Waals surface area contributed by atoms with Crippen LogP contribution in [-0.4, -0.2) is 84.8 Å². The highest BCUT2D eigenvalue weighted by molar-refractivity contribution is 7.90. The van der Waals surface area contributed by atoms with Crippen molar-refractivity contribution >= 4 is 44.5 Å². The van der Waals surface area contributed by atoms with Gasteiger partial charge in [0.2, 0.25) is 15.9 Å². The lowest BCUT2D eigenvalue weighted by molar-refractivity contribution is -0.124. The number of likely N-dealkylation sites (tertiary alicyclic amines) is 2. The van der Waals surface area contributed by atoms with E-state index in [0.29, 0.717) is 43.4 Å². The number of ether oxygens (including phenoxy) is 2. The highest BCUT2D eigenvalue weighted by atomic mass is 32.2. The van der Waals surface area contributed by atoms with Gasteiger partial charge in [0, 0.05) is 54.2 Å². The maximum absolute atomic E-state index is 15.5. The summed E-state index contributed by atoms with van der Waals surface area (Å²) < 4.78 is 42.3. The number of methoxy groups -OCH3 is 1. The number of carbonyl (C=O) groups is 3. The third kappa shape index (κ3) is 6.26. The fraction of sp³-hybridized carbons (Fsp3) is 0.595. The summed E-state index contributed by atoms with van der Waals surface area (Å²) in [7, 11) is -2.24. The highest BCUT2D eigenvalue weighted by Gasteiger charge is 2.55. The third-order valence-electron chi connectivity index (χ3n) is 12.6. The average Bonchev–Trinajstić information content (AvgIpc) is 3.37. The molecule has 6 aliphatic rings. The first-order chi connectivity index (χ1) is 25.6. The molecule has 8 rings (SSSR count). The quantitative estimate of drug-likeness (QED) is 0.336. The number of carbonyl (C=O) groups excluding carboxylic acids is 3. The van der Waals surface area contributed by atoms with Crippen molar-refractivity contribution in [3.8, 4) is 5.75 Å². The lowest BCUT2D eigenvalue weighted by Crippen LogP contribution is -2.39. The van der Waals surface area contributed by atoms with Crippen molar-refractivity contribution in [2.75, 3.05) is 33.3 Å². The van der Waals surface area contributed by atoms with Crippen molar-refractivity contribution in [3.05, 3.63) is 58.3 Å². The van der Waals surface area contributed by atoms with Gasteiger partial charge in [-0.2, -0.15) is 0 Å². The van der Waals surface area contributed by atoms with Crippen molar-refractivity contribution in [2.24, 2.45) is 11.3 Å². The molecule has 4 heterocycles. The van der Waals surface area contributed by atoms with Crippen molar-refractivity contribution < 1.29 is 32.3 Å². The molecular weight excluding hydrogens is 705 g/mol. The van der Waals surface area contributed by atoms with E-state index in [2.05, 4.69) is 39.6 Å². The van der Waals surface area contributed by atoms with E-state index in [1.807, 2.05) is 25.7 Å². The Labute approximate surface area is 318 Å². The number of sulfonamides is 1. The second kappa shape index (κ2) is 13.3. The molecule has 4 fully saturated rings. The summed E-state index contributed by atoms with van der Waals surface area (Å²) in [6.45, 7) is 10.8. The first kappa shape index (κ1) is 36.9. The van der Waals surface area contributed by atoms with Gasteiger partial charge in [0.05, 0.1) is 23.8 Å². The first-order valence-electron chi connectivity index (χ1n) is 19.8. The van der Waals surface area contributed by atoms with E-state index < -0.39 is 32.7 Å². The molecule has 2 aromatic rings. The van der Waals surface area contributed by atoms with E-state index in [9.17, 15) is 18.0 Å². The highest BCUT2D eigenvalue weighted by Crippen LogP contribution is 2.59. The van der Waals surface area contributed by atoms with Crippen molar-refractivity contribution in [1.29, 1.82) is 0 Å². The van der Waals surface area contributed by atoms with Crippen LogP contribution in [0.1, 0.15) is 115 Å². The molecule has 3 aliphatic carbocycles. The fourth-order valence-electron chi connectivity index (χ4n) is 9.81. The van der Waals surface area contributed by atoms with E-state index in [-0.39, 0.29) is 23.3 Å². The zero-order chi connectivity index (χ0) is 38.3. The molecule has 3 amide bonds. The zero-order valence-electron chi connectivity index (χ0n) is 32.5. The van der Waals surface area contributed by atoms with Gasteiger partial charge >= 0.3 is 6.09 Å². The van der Waals surface area contributed by atoms with Crippen LogP contribution in [0, 0.1) is 11.3 Å². The number of amides is 3. The average molecular weight is 759 g/mol. The van der Waals surface area contributed by atoms with Gasteiger partial charge in [-0.3, -0.25) is 14.3 Å². The van der Waals surface area contributed by atoms with Crippen LogP contribution in [0.15, 0.2) is 47.1 Å². The molecule has 0 bridgehead atoms. The number of nitrogens with zero attached hydrogens (tertiary/aromatic N) is 3. The van der Waals surface area contributed by atoms with E-state index in [4.69, 9.17) is 9.47 Å². The first-order valence-corrected chi connectivity index (χ1v) is 21.4. The van der Waals surface area contributed by atoms with E-state index in [1.165, 1.54) is 12.0 Å². The van der Waals surface area contributed by atoms with Crippen LogP contribution < -0.4 is 9.46 Å². The van der Waals surface area contributed by atoms with Gasteiger partial charge in [0.25, 0.3) is 5.91 Å². The summed E-state index contributed by atoms with van der Waals surface area (Å²) in [6, 6.07) is 6.41. The number of aromatic nitrogens is 1. The lowest BCUT2D eigenvalue weighted by Gasteiger charge is -2.29. The molecule has 2 saturated heterocycles. The smallest absolute Gasteiger partial charge is 0.410 e. The maximum atomic E-state index is 15.5. The van der Waals surface area contributed by atoms with Gasteiger partial charge in [0.1, 0.15) is 17.0 Å². The molecule has 0 radical (unpaired) electrons. The molecule has 1 spiro atoms. The Morgan fingerprint density at radius 2 is 1.67 bits per heavy atom. The van der Waals surface area contributed by atoms with Crippen LogP contribution in [0.3, 0.4) is 0 Å². The molecule has 290 valence electrons. The number of rotatable bonds is 6. The van der Waals surface area contributed by atoms with Crippen molar-refractivity contribution in [1.82, 2.24) is 19.1 Å². The number of benzene rings is 1. The summed E-state index contributed by atoms with van der Waals surface area (Å²) >= 11 is 0. The van der Waals surface area contributed by atoms with Crippen LogP contribution in [0.25, 0.3) is 16.6 Å². The fourth-order valence-corrected chi connectivity index (χ4v) is 10.4. The predicted octanol–water partition coefficient (Wildman–Crippen LogP) is 7.00. The zero-order valence-corrected chi connectivity index (χ0v) is 33.3. The standard InChI is InChI=1S/C42H54N4O7S/c1-25(2)54(50,51)43-38(47)35-33-29-15-11-10-14-28(29)31-22-30-32(52-6)17-16-27(26-12-8-7-9-13-26)36(30)46(31)37(34(33)35)39(48)44-20-18-42(23-44)19-21-45(24-42)40(49)53-41(3,4)5/h11,15-17,22,25-26,28,35H,7-10,12-14,18-21,23-24H2,1-6H3,(H,43,47). The molecule has 12 heteroatoms. The minimum atomic E-state index is -3.91. The predicted molar refractivity (Wildman–Crippen MR) is 207 cm³/mol. The second-order valence-corrected chi connectivity index (χ2v) is 19.9. The van der Waals surface area contributed by atoms with Crippen molar-refractivity contribution in [3.63, 3.8) is 0 Å². The molecule has 1 N–H and O–H groups in total. The molecular formula is C42H54N4O7S. The molecule has 1 aromatic carbocycles. The summed E-state index contributed by atoms with van der Waals surface area (Å²) in [6.07, 6.45) is 12.6. The summed E-state index contributed by atoms with van der Waals surface area (Å²) in [4.78, 5) is 46.3. The lowest BCUT2D eigenvalue weighted by atomic mass is 9.83. The van der Waals surface area contributed by atoms with E-state index in [0.717, 1.165) is 84.9 Å². The number of nitrogens with one attached hydrogen (secondary N) is 1. The molecule has 11 nitrogen and oxygen atoms in total. The van der Waals surface area contributed by atoms with Gasteiger partial charge in [-0.25, -0.2) is 13.2 Å². The molecule has 1 aromatic heterocycles. The molecule has 3 atom stereocenters. The largest absolute Gasteiger partial charge is 0.496 e. The topological polar surface area (TPSA) is 127 Å². The van der Waals surface area contributed by atoms with Gasteiger partial charge in [-0.05, 0) is 108 Å². The Bertz CT molecular complexity index is 2130. The molecule has 3 aliphatic heterocycles. The van der Waals surface area contributed by atoms with Gasteiger partial charge in [-0.1, -0.05) is 37.5 Å². The normalized spacial score (nSPS) is 25.6. The SMILES string of the molecule is COc1ccc(C2CCCCC2)c2c1cc1n2C(C(=O)N2CCC3(CCN(C(=O)OC(C)(C)C)C3)C2)=C2C(=C3C=CCCC31)C2C(=O)NS(=O)(=O)C(C)C. The van der Waals surface area contributed by atoms with Crippen LogP contribution in [0.2, 0.25) is 0 Å². The summed E-state index contributed by atoms with van der Waals surface area (Å²) in [5.41, 5.74) is 5.07. The minimum absolute atomic E-state index is 0.0942. The molecule has 3 unspecified atom stereocenters. The van der Waals surface area contributed by atoms with E-state index in [1.54, 1.807) is 25.9 Å². The van der Waals surface area contributed by atoms with Gasteiger partial charge in [0.15, 0.2) is 0 Å². The van der Waals surface area contributed by atoms with Gasteiger partial charge in [-0.15, -0.1) is 0 Å². The van der Waals surface area contributed by atoms with E-state index >= 15 is 4.79 Å². The summed E-state index contributed by atoms with van der Waals surface area (Å²) in [5, 5.41) is 0.155. The Hall–Kier alpha value is -4.06. The monoisotopic (exact) mass is 758 g/mol. The van der Waals surface area contributed by atoms with Gasteiger partial charge < -0.3 is 23.8 Å². The Morgan fingerprint density at radius 3 is 2.35 bits per heavy atom. The Morgan fingerprint density at radius 1 is 0.963 bits per heavy atom. The Kier molecular flexibility index (Phi) is 9.09. The van der Waals surface area contributed by atoms with Crippen LogP contribution >= 0.6 is 0 Å². The number of fused-ring (bicyclic) bond motifs is 6. The Balaban J connectivity index is 1.28. The molecule has 2 saturated carbocycles. The second-order valence-electron chi connectivity index (χ2n) is 17.6. The van der Waals surface area contributed by atoms with Crippen LogP contribution in [0.4, 0.5) is 4.79 Å². The number of allylic oxidation sites excluding steroid dienone is 3.